The third kappa shape index (κ3) is 5.06. The lowest BCUT2D eigenvalue weighted by atomic mass is 10.1. The minimum atomic E-state index is -0.253. The fourth-order valence-electron chi connectivity index (χ4n) is 2.16. The van der Waals surface area contributed by atoms with E-state index < -0.39 is 0 Å². The van der Waals surface area contributed by atoms with Crippen molar-refractivity contribution in [3.05, 3.63) is 41.4 Å². The molecule has 2 aromatic rings. The first-order valence-corrected chi connectivity index (χ1v) is 8.64. The van der Waals surface area contributed by atoms with Gasteiger partial charge in [-0.1, -0.05) is 19.4 Å². The zero-order valence-corrected chi connectivity index (χ0v) is 14.6. The molecular weight excluding hydrogens is 326 g/mol. The van der Waals surface area contributed by atoms with Gasteiger partial charge in [0.1, 0.15) is 12.3 Å². The van der Waals surface area contributed by atoms with Crippen molar-refractivity contribution >= 4 is 28.3 Å². The summed E-state index contributed by atoms with van der Waals surface area (Å²) in [6, 6.07) is 6.95. The normalized spacial score (nSPS) is 10.2. The number of benzene rings is 1. The number of nitrogens with zero attached hydrogens (tertiary/aromatic N) is 2. The Balaban J connectivity index is 2.08. The summed E-state index contributed by atoms with van der Waals surface area (Å²) in [5, 5.41) is 5.02. The van der Waals surface area contributed by atoms with Gasteiger partial charge in [-0.15, -0.1) is 11.3 Å². The van der Waals surface area contributed by atoms with E-state index in [-0.39, 0.29) is 18.4 Å². The second-order valence-electron chi connectivity index (χ2n) is 5.20. The topological polar surface area (TPSA) is 71.5 Å². The molecular formula is C17H21N3O3S. The van der Waals surface area contributed by atoms with E-state index in [0.29, 0.717) is 23.0 Å². The predicted octanol–water partition coefficient (Wildman–Crippen LogP) is 3.03. The fourth-order valence-corrected chi connectivity index (χ4v) is 2.70. The molecule has 2 amide bonds. The molecule has 1 heterocycles. The molecule has 0 bridgehead atoms. The molecule has 24 heavy (non-hydrogen) atoms. The molecule has 0 aliphatic heterocycles. The highest BCUT2D eigenvalue weighted by atomic mass is 32.1. The second kappa shape index (κ2) is 9.02. The van der Waals surface area contributed by atoms with Crippen LogP contribution in [0.3, 0.4) is 0 Å². The first kappa shape index (κ1) is 17.9. The summed E-state index contributed by atoms with van der Waals surface area (Å²) in [6.45, 7) is 2.57. The van der Waals surface area contributed by atoms with Gasteiger partial charge < -0.3 is 15.0 Å². The van der Waals surface area contributed by atoms with Crippen molar-refractivity contribution in [3.63, 3.8) is 0 Å². The molecule has 1 aromatic carbocycles. The summed E-state index contributed by atoms with van der Waals surface area (Å²) in [5.41, 5.74) is 0.507. The maximum Gasteiger partial charge on any atom is 0.254 e. The smallest absolute Gasteiger partial charge is 0.254 e. The van der Waals surface area contributed by atoms with E-state index in [0.717, 1.165) is 12.8 Å². The number of methoxy groups -OCH3 is 1. The lowest BCUT2D eigenvalue weighted by Gasteiger charge is -2.22. The SMILES string of the molecule is CCCCN(CC(=O)Nc1nccs1)C(=O)c1cccc(OC)c1. The van der Waals surface area contributed by atoms with Gasteiger partial charge in [0, 0.05) is 23.7 Å². The summed E-state index contributed by atoms with van der Waals surface area (Å²) in [5.74, 6) is 0.178. The number of ether oxygens (including phenoxy) is 1. The number of nitrogens with one attached hydrogen (secondary N) is 1. The molecule has 1 aromatic heterocycles. The van der Waals surface area contributed by atoms with E-state index in [1.165, 1.54) is 11.3 Å². The van der Waals surface area contributed by atoms with Gasteiger partial charge in [0.15, 0.2) is 5.13 Å². The van der Waals surface area contributed by atoms with Crippen molar-refractivity contribution in [1.29, 1.82) is 0 Å². The van der Waals surface area contributed by atoms with Crippen molar-refractivity contribution in [3.8, 4) is 5.75 Å². The van der Waals surface area contributed by atoms with Crippen LogP contribution in [0.5, 0.6) is 5.75 Å². The molecule has 0 aliphatic carbocycles. The average molecular weight is 347 g/mol. The number of hydrogen-bond donors (Lipinski definition) is 1. The molecule has 0 atom stereocenters. The number of anilines is 1. The Morgan fingerprint density at radius 1 is 1.38 bits per heavy atom. The molecule has 1 N–H and O–H groups in total. The molecule has 6 nitrogen and oxygen atoms in total. The van der Waals surface area contributed by atoms with Crippen LogP contribution in [0, 0.1) is 0 Å². The molecule has 7 heteroatoms. The number of hydrogen-bond acceptors (Lipinski definition) is 5. The van der Waals surface area contributed by atoms with Gasteiger partial charge in [-0.25, -0.2) is 4.98 Å². The van der Waals surface area contributed by atoms with Gasteiger partial charge in [-0.05, 0) is 24.6 Å². The summed E-state index contributed by atoms with van der Waals surface area (Å²) in [4.78, 5) is 30.5. The molecule has 2 rings (SSSR count). The Morgan fingerprint density at radius 2 is 2.21 bits per heavy atom. The largest absolute Gasteiger partial charge is 0.497 e. The number of rotatable bonds is 8. The van der Waals surface area contributed by atoms with Crippen LogP contribution in [0.4, 0.5) is 5.13 Å². The highest BCUT2D eigenvalue weighted by Gasteiger charge is 2.19. The van der Waals surface area contributed by atoms with Crippen LogP contribution in [0.1, 0.15) is 30.1 Å². The highest BCUT2D eigenvalue weighted by Crippen LogP contribution is 2.15. The van der Waals surface area contributed by atoms with Gasteiger partial charge in [0.2, 0.25) is 5.91 Å². The molecule has 0 saturated heterocycles. The first-order valence-electron chi connectivity index (χ1n) is 7.76. The van der Waals surface area contributed by atoms with E-state index in [1.807, 2.05) is 6.92 Å². The Morgan fingerprint density at radius 3 is 2.88 bits per heavy atom. The summed E-state index contributed by atoms with van der Waals surface area (Å²) in [7, 11) is 1.56. The van der Waals surface area contributed by atoms with Crippen molar-refractivity contribution in [2.45, 2.75) is 19.8 Å². The van der Waals surface area contributed by atoms with Gasteiger partial charge in [-0.3, -0.25) is 9.59 Å². The van der Waals surface area contributed by atoms with Crippen LogP contribution in [0.2, 0.25) is 0 Å². The number of thiazole rings is 1. The van der Waals surface area contributed by atoms with Crippen LogP contribution in [-0.2, 0) is 4.79 Å². The Bertz CT molecular complexity index is 673. The van der Waals surface area contributed by atoms with E-state index in [4.69, 9.17) is 4.74 Å². The average Bonchev–Trinajstić information content (AvgIpc) is 3.10. The fraction of sp³-hybridized carbons (Fsp3) is 0.353. The van der Waals surface area contributed by atoms with Gasteiger partial charge in [-0.2, -0.15) is 0 Å². The van der Waals surface area contributed by atoms with Gasteiger partial charge in [0.25, 0.3) is 5.91 Å². The first-order chi connectivity index (χ1) is 11.6. The summed E-state index contributed by atoms with van der Waals surface area (Å²) >= 11 is 1.34. The molecule has 0 aliphatic rings. The highest BCUT2D eigenvalue weighted by molar-refractivity contribution is 7.13. The van der Waals surface area contributed by atoms with Crippen molar-refractivity contribution in [1.82, 2.24) is 9.88 Å². The Kier molecular flexibility index (Phi) is 6.74. The Hall–Kier alpha value is -2.41. The molecule has 128 valence electrons. The van der Waals surface area contributed by atoms with E-state index >= 15 is 0 Å². The molecule has 0 radical (unpaired) electrons. The lowest BCUT2D eigenvalue weighted by molar-refractivity contribution is -0.116. The minimum absolute atomic E-state index is 0.00434. The standard InChI is InChI=1S/C17H21N3O3S/c1-3-4-9-20(12-15(21)19-17-18-8-10-24-17)16(22)13-6-5-7-14(11-13)23-2/h5-8,10-11H,3-4,9,12H2,1-2H3,(H,18,19,21). The monoisotopic (exact) mass is 347 g/mol. The Labute approximate surface area is 145 Å². The maximum absolute atomic E-state index is 12.7. The molecule has 0 saturated carbocycles. The number of aromatic nitrogens is 1. The number of amides is 2. The third-order valence-electron chi connectivity index (χ3n) is 3.40. The summed E-state index contributed by atoms with van der Waals surface area (Å²) < 4.78 is 5.16. The van der Waals surface area contributed by atoms with Gasteiger partial charge in [0.05, 0.1) is 7.11 Å². The van der Waals surface area contributed by atoms with Crippen LogP contribution in [0.25, 0.3) is 0 Å². The lowest BCUT2D eigenvalue weighted by Crippen LogP contribution is -2.38. The minimum Gasteiger partial charge on any atom is -0.497 e. The molecule has 0 fully saturated rings. The molecule has 0 spiro atoms. The predicted molar refractivity (Wildman–Crippen MR) is 94.5 cm³/mol. The van der Waals surface area contributed by atoms with E-state index in [1.54, 1.807) is 47.9 Å². The van der Waals surface area contributed by atoms with Crippen molar-refractivity contribution in [2.24, 2.45) is 0 Å². The third-order valence-corrected chi connectivity index (χ3v) is 4.09. The quantitative estimate of drug-likeness (QED) is 0.797. The summed E-state index contributed by atoms with van der Waals surface area (Å²) in [6.07, 6.45) is 3.40. The van der Waals surface area contributed by atoms with E-state index in [9.17, 15) is 9.59 Å². The number of carbonyl (C=O) groups excluding carboxylic acids is 2. The van der Waals surface area contributed by atoms with Crippen molar-refractivity contribution < 1.29 is 14.3 Å². The van der Waals surface area contributed by atoms with Crippen molar-refractivity contribution in [2.75, 3.05) is 25.5 Å². The van der Waals surface area contributed by atoms with Crippen LogP contribution >= 0.6 is 11.3 Å². The number of unbranched alkanes of at least 4 members (excludes halogenated alkanes) is 1. The zero-order valence-electron chi connectivity index (χ0n) is 13.8. The van der Waals surface area contributed by atoms with Gasteiger partial charge >= 0.3 is 0 Å². The maximum atomic E-state index is 12.7. The number of carbonyl (C=O) groups is 2. The van der Waals surface area contributed by atoms with Crippen LogP contribution < -0.4 is 10.1 Å². The zero-order chi connectivity index (χ0) is 17.4. The van der Waals surface area contributed by atoms with E-state index in [2.05, 4.69) is 10.3 Å². The molecule has 0 unspecified atom stereocenters. The second-order valence-corrected chi connectivity index (χ2v) is 6.09. The van der Waals surface area contributed by atoms with Crippen LogP contribution in [-0.4, -0.2) is 41.9 Å². The van der Waals surface area contributed by atoms with Crippen LogP contribution in [0.15, 0.2) is 35.8 Å².